The fourth-order valence-corrected chi connectivity index (χ4v) is 1.12. The van der Waals surface area contributed by atoms with Crippen LogP contribution in [-0.4, -0.2) is 25.8 Å². The maximum Gasteiger partial charge on any atom is 0.325 e. The van der Waals surface area contributed by atoms with Gasteiger partial charge in [0.2, 0.25) is 0 Å². The highest BCUT2D eigenvalue weighted by atomic mass is 16.4. The molecule has 5 nitrogen and oxygen atoms in total. The van der Waals surface area contributed by atoms with Crippen LogP contribution in [0.4, 0.5) is 0 Å². The second kappa shape index (κ2) is 2.85. The summed E-state index contributed by atoms with van der Waals surface area (Å²) >= 11 is 0. The molecule has 2 aromatic heterocycles. The van der Waals surface area contributed by atoms with Crippen LogP contribution in [0.1, 0.15) is 0 Å². The summed E-state index contributed by atoms with van der Waals surface area (Å²) in [6, 6.07) is 3.63. The zero-order chi connectivity index (χ0) is 9.26. The topological polar surface area (TPSA) is 68.0 Å². The third-order valence-electron chi connectivity index (χ3n) is 1.63. The summed E-state index contributed by atoms with van der Waals surface area (Å²) in [6.07, 6.45) is 3.29. The Morgan fingerprint density at radius 2 is 2.46 bits per heavy atom. The number of carboxylic acid groups (broad SMARTS) is 1. The number of rotatable bonds is 2. The Balaban J connectivity index is 2.44. The van der Waals surface area contributed by atoms with Gasteiger partial charge in [0.05, 0.1) is 0 Å². The molecule has 0 fully saturated rings. The van der Waals surface area contributed by atoms with Crippen molar-refractivity contribution in [3.63, 3.8) is 0 Å². The van der Waals surface area contributed by atoms with E-state index >= 15 is 0 Å². The Bertz CT molecular complexity index is 416. The smallest absolute Gasteiger partial charge is 0.325 e. The van der Waals surface area contributed by atoms with E-state index in [-0.39, 0.29) is 6.54 Å². The first-order valence-corrected chi connectivity index (χ1v) is 3.76. The van der Waals surface area contributed by atoms with Gasteiger partial charge >= 0.3 is 5.97 Å². The van der Waals surface area contributed by atoms with Crippen molar-refractivity contribution in [2.75, 3.05) is 0 Å². The molecule has 2 heterocycles. The minimum Gasteiger partial charge on any atom is -0.480 e. The zero-order valence-corrected chi connectivity index (χ0v) is 6.71. The number of carboxylic acids is 1. The minimum absolute atomic E-state index is 0.129. The monoisotopic (exact) mass is 177 g/mol. The average Bonchev–Trinajstić information content (AvgIpc) is 2.44. The lowest BCUT2D eigenvalue weighted by atomic mass is 10.4. The van der Waals surface area contributed by atoms with E-state index in [4.69, 9.17) is 5.11 Å². The summed E-state index contributed by atoms with van der Waals surface area (Å²) in [5, 5.41) is 13.3. The summed E-state index contributed by atoms with van der Waals surface area (Å²) in [5.74, 6) is -0.909. The van der Waals surface area contributed by atoms with Gasteiger partial charge < -0.3 is 5.11 Å². The van der Waals surface area contributed by atoms with Crippen molar-refractivity contribution in [3.8, 4) is 0 Å². The lowest BCUT2D eigenvalue weighted by molar-refractivity contribution is -0.137. The minimum atomic E-state index is -0.909. The standard InChI is InChI=1S/C8H7N3O2/c12-7(13)5-11-4-6-2-1-3-9-8(6)10-11/h1-4H,5H2,(H,12,13). The number of carbonyl (C=O) groups is 1. The normalized spacial score (nSPS) is 10.5. The van der Waals surface area contributed by atoms with E-state index in [1.54, 1.807) is 18.5 Å². The van der Waals surface area contributed by atoms with Gasteiger partial charge in [0.25, 0.3) is 0 Å². The number of aliphatic carboxylic acids is 1. The van der Waals surface area contributed by atoms with Crippen LogP contribution in [0.15, 0.2) is 24.5 Å². The molecule has 5 heteroatoms. The molecule has 66 valence electrons. The molecular weight excluding hydrogens is 170 g/mol. The number of nitrogens with zero attached hydrogens (tertiary/aromatic N) is 3. The third-order valence-corrected chi connectivity index (χ3v) is 1.63. The van der Waals surface area contributed by atoms with Gasteiger partial charge in [-0.15, -0.1) is 0 Å². The molecule has 1 N–H and O–H groups in total. The fraction of sp³-hybridized carbons (Fsp3) is 0.125. The molecule has 0 aliphatic carbocycles. The molecule has 0 radical (unpaired) electrons. The van der Waals surface area contributed by atoms with Crippen molar-refractivity contribution in [2.24, 2.45) is 0 Å². The van der Waals surface area contributed by atoms with Crippen LogP contribution >= 0.6 is 0 Å². The van der Waals surface area contributed by atoms with Gasteiger partial charge in [0.1, 0.15) is 6.54 Å². The molecule has 2 rings (SSSR count). The molecule has 0 atom stereocenters. The van der Waals surface area contributed by atoms with E-state index in [1.165, 1.54) is 4.68 Å². The van der Waals surface area contributed by atoms with Crippen molar-refractivity contribution in [1.82, 2.24) is 14.8 Å². The van der Waals surface area contributed by atoms with E-state index in [2.05, 4.69) is 10.1 Å². The Labute approximate surface area is 73.6 Å². The second-order valence-electron chi connectivity index (χ2n) is 2.64. The third kappa shape index (κ3) is 1.48. The molecule has 13 heavy (non-hydrogen) atoms. The van der Waals surface area contributed by atoms with E-state index in [0.717, 1.165) is 5.39 Å². The predicted octanol–water partition coefficient (Wildman–Crippen LogP) is 0.516. The highest BCUT2D eigenvalue weighted by Crippen LogP contribution is 2.07. The van der Waals surface area contributed by atoms with Gasteiger partial charge in [-0.05, 0) is 12.1 Å². The van der Waals surface area contributed by atoms with Crippen LogP contribution in [-0.2, 0) is 11.3 Å². The van der Waals surface area contributed by atoms with Gasteiger partial charge in [0.15, 0.2) is 5.65 Å². The van der Waals surface area contributed by atoms with Gasteiger partial charge in [-0.1, -0.05) is 0 Å². The summed E-state index contributed by atoms with van der Waals surface area (Å²) in [6.45, 7) is -0.129. The highest BCUT2D eigenvalue weighted by molar-refractivity contribution is 5.74. The lowest BCUT2D eigenvalue weighted by Gasteiger charge is -1.91. The van der Waals surface area contributed by atoms with E-state index in [1.807, 2.05) is 6.07 Å². The summed E-state index contributed by atoms with van der Waals surface area (Å²) in [5.41, 5.74) is 0.573. The van der Waals surface area contributed by atoms with Crippen LogP contribution in [0.5, 0.6) is 0 Å². The van der Waals surface area contributed by atoms with Gasteiger partial charge in [-0.2, -0.15) is 5.10 Å². The molecule has 0 aromatic carbocycles. The van der Waals surface area contributed by atoms with Crippen LogP contribution in [0.25, 0.3) is 11.0 Å². The maximum atomic E-state index is 10.4. The summed E-state index contributed by atoms with van der Waals surface area (Å²) in [7, 11) is 0. The lowest BCUT2D eigenvalue weighted by Crippen LogP contribution is -2.08. The maximum absolute atomic E-state index is 10.4. The quantitative estimate of drug-likeness (QED) is 0.725. The summed E-state index contributed by atoms with van der Waals surface area (Å²) in [4.78, 5) is 14.3. The summed E-state index contributed by atoms with van der Waals surface area (Å²) < 4.78 is 1.36. The molecule has 0 unspecified atom stereocenters. The van der Waals surface area contributed by atoms with Crippen LogP contribution in [0.2, 0.25) is 0 Å². The van der Waals surface area contributed by atoms with Gasteiger partial charge in [0, 0.05) is 17.8 Å². The molecule has 0 amide bonds. The Morgan fingerprint density at radius 1 is 1.62 bits per heavy atom. The van der Waals surface area contributed by atoms with Crippen LogP contribution in [0.3, 0.4) is 0 Å². The number of fused-ring (bicyclic) bond motifs is 1. The van der Waals surface area contributed by atoms with Gasteiger partial charge in [-0.25, -0.2) is 4.98 Å². The van der Waals surface area contributed by atoms with Gasteiger partial charge in [-0.3, -0.25) is 9.48 Å². The van der Waals surface area contributed by atoms with E-state index in [0.29, 0.717) is 5.65 Å². The number of pyridine rings is 1. The molecular formula is C8H7N3O2. The van der Waals surface area contributed by atoms with Crippen molar-refractivity contribution < 1.29 is 9.90 Å². The first-order valence-electron chi connectivity index (χ1n) is 3.76. The Hall–Kier alpha value is -1.91. The largest absolute Gasteiger partial charge is 0.480 e. The Morgan fingerprint density at radius 3 is 3.15 bits per heavy atom. The van der Waals surface area contributed by atoms with Crippen molar-refractivity contribution in [1.29, 1.82) is 0 Å². The van der Waals surface area contributed by atoms with Crippen LogP contribution < -0.4 is 0 Å². The Kier molecular flexibility index (Phi) is 1.70. The molecule has 0 spiro atoms. The number of hydrogen-bond acceptors (Lipinski definition) is 3. The van der Waals surface area contributed by atoms with Crippen molar-refractivity contribution in [2.45, 2.75) is 6.54 Å². The highest BCUT2D eigenvalue weighted by Gasteiger charge is 2.03. The number of hydrogen-bond donors (Lipinski definition) is 1. The molecule has 0 saturated carbocycles. The molecule has 0 saturated heterocycles. The first kappa shape index (κ1) is 7.72. The molecule has 0 bridgehead atoms. The molecule has 0 aliphatic rings. The van der Waals surface area contributed by atoms with Crippen molar-refractivity contribution in [3.05, 3.63) is 24.5 Å². The SMILES string of the molecule is O=C(O)Cn1cc2cccnc2n1. The van der Waals surface area contributed by atoms with Crippen molar-refractivity contribution >= 4 is 17.0 Å². The second-order valence-corrected chi connectivity index (χ2v) is 2.64. The molecule has 2 aromatic rings. The van der Waals surface area contributed by atoms with Crippen LogP contribution in [0, 0.1) is 0 Å². The average molecular weight is 177 g/mol. The molecule has 0 aliphatic heterocycles. The van der Waals surface area contributed by atoms with E-state index < -0.39 is 5.97 Å². The first-order chi connectivity index (χ1) is 6.25. The zero-order valence-electron chi connectivity index (χ0n) is 6.71. The number of aromatic nitrogens is 3. The predicted molar refractivity (Wildman–Crippen MR) is 45.2 cm³/mol. The van der Waals surface area contributed by atoms with E-state index in [9.17, 15) is 4.79 Å². The fourth-order valence-electron chi connectivity index (χ4n) is 1.12.